The van der Waals surface area contributed by atoms with Crippen molar-refractivity contribution in [3.63, 3.8) is 0 Å². The summed E-state index contributed by atoms with van der Waals surface area (Å²) in [4.78, 5) is 16.3. The van der Waals surface area contributed by atoms with Crippen LogP contribution >= 0.6 is 11.6 Å². The fraction of sp³-hybridized carbons (Fsp3) is 0.400. The Labute approximate surface area is 101 Å². The molecule has 0 spiro atoms. The number of amides is 1. The van der Waals surface area contributed by atoms with Crippen LogP contribution in [0.25, 0.3) is 0 Å². The van der Waals surface area contributed by atoms with Crippen molar-refractivity contribution in [1.82, 2.24) is 9.88 Å². The van der Waals surface area contributed by atoms with Gasteiger partial charge in [0.1, 0.15) is 5.15 Å². The normalized spacial score (nSPS) is 11.4. The predicted octanol–water partition coefficient (Wildman–Crippen LogP) is 2.76. The van der Waals surface area contributed by atoms with Gasteiger partial charge in [0, 0.05) is 19.8 Å². The summed E-state index contributed by atoms with van der Waals surface area (Å²) in [5.41, 5.74) is 0.207. The van der Waals surface area contributed by atoms with Gasteiger partial charge >= 0.3 is 6.18 Å². The second kappa shape index (κ2) is 5.35. The molecule has 0 aliphatic rings. The van der Waals surface area contributed by atoms with E-state index in [1.807, 2.05) is 0 Å². The quantitative estimate of drug-likeness (QED) is 0.788. The molecule has 7 heteroatoms. The van der Waals surface area contributed by atoms with Gasteiger partial charge in [0.15, 0.2) is 0 Å². The first-order valence-electron chi connectivity index (χ1n) is 4.73. The van der Waals surface area contributed by atoms with Crippen LogP contribution in [0.2, 0.25) is 5.15 Å². The number of pyridine rings is 1. The van der Waals surface area contributed by atoms with Crippen molar-refractivity contribution in [3.05, 3.63) is 29.0 Å². The molecule has 94 valence electrons. The van der Waals surface area contributed by atoms with Gasteiger partial charge in [-0.15, -0.1) is 0 Å². The second-order valence-corrected chi connectivity index (χ2v) is 3.85. The average Bonchev–Trinajstić information content (AvgIpc) is 2.25. The third-order valence-corrected chi connectivity index (χ3v) is 2.28. The lowest BCUT2D eigenvalue weighted by Gasteiger charge is -2.17. The number of alkyl halides is 3. The van der Waals surface area contributed by atoms with Crippen LogP contribution in [0.5, 0.6) is 0 Å². The molecule has 0 aliphatic heterocycles. The Morgan fingerprint density at radius 3 is 2.59 bits per heavy atom. The molecular weight excluding hydrogens is 257 g/mol. The van der Waals surface area contributed by atoms with Crippen LogP contribution in [0.4, 0.5) is 13.2 Å². The number of nitrogens with zero attached hydrogens (tertiary/aromatic N) is 2. The van der Waals surface area contributed by atoms with Gasteiger partial charge in [-0.05, 0) is 12.1 Å². The summed E-state index contributed by atoms with van der Waals surface area (Å²) in [7, 11) is 1.31. The van der Waals surface area contributed by atoms with E-state index < -0.39 is 18.5 Å². The van der Waals surface area contributed by atoms with Gasteiger partial charge in [0.05, 0.1) is 12.0 Å². The van der Waals surface area contributed by atoms with Gasteiger partial charge in [-0.2, -0.15) is 13.2 Å². The Balaban J connectivity index is 2.61. The van der Waals surface area contributed by atoms with E-state index in [2.05, 4.69) is 4.98 Å². The van der Waals surface area contributed by atoms with Crippen molar-refractivity contribution in [3.8, 4) is 0 Å². The maximum absolute atomic E-state index is 12.0. The van der Waals surface area contributed by atoms with Crippen molar-refractivity contribution in [2.45, 2.75) is 12.6 Å². The number of carbonyl (C=O) groups is 1. The lowest BCUT2D eigenvalue weighted by atomic mass is 10.2. The van der Waals surface area contributed by atoms with Crippen LogP contribution in [0, 0.1) is 0 Å². The minimum absolute atomic E-state index is 0.207. The maximum atomic E-state index is 12.0. The minimum Gasteiger partial charge on any atom is -0.341 e. The van der Waals surface area contributed by atoms with Crippen molar-refractivity contribution >= 4 is 17.5 Å². The van der Waals surface area contributed by atoms with Crippen LogP contribution < -0.4 is 0 Å². The molecule has 0 aromatic carbocycles. The van der Waals surface area contributed by atoms with Gasteiger partial charge in [0.25, 0.3) is 5.91 Å². The summed E-state index contributed by atoms with van der Waals surface area (Å²) >= 11 is 5.53. The Hall–Kier alpha value is -1.30. The van der Waals surface area contributed by atoms with Crippen LogP contribution in [0.1, 0.15) is 16.8 Å². The van der Waals surface area contributed by atoms with E-state index in [4.69, 9.17) is 11.6 Å². The first-order chi connectivity index (χ1) is 7.79. The maximum Gasteiger partial charge on any atom is 0.390 e. The molecule has 0 N–H and O–H groups in total. The summed E-state index contributed by atoms with van der Waals surface area (Å²) in [5, 5.41) is 0.222. The molecule has 1 rings (SSSR count). The molecular formula is C10H10ClF3N2O. The first-order valence-corrected chi connectivity index (χ1v) is 5.11. The monoisotopic (exact) mass is 266 g/mol. The van der Waals surface area contributed by atoms with E-state index in [1.54, 1.807) is 0 Å². The molecule has 0 radical (unpaired) electrons. The van der Waals surface area contributed by atoms with E-state index in [1.165, 1.54) is 25.4 Å². The Morgan fingerprint density at radius 1 is 1.47 bits per heavy atom. The smallest absolute Gasteiger partial charge is 0.341 e. The zero-order valence-electron chi connectivity index (χ0n) is 8.96. The topological polar surface area (TPSA) is 33.2 Å². The van der Waals surface area contributed by atoms with E-state index in [9.17, 15) is 18.0 Å². The standard InChI is InChI=1S/C10H10ClF3N2O/c1-16(5-4-10(12,13)14)9(17)7-2-3-8(11)15-6-7/h2-3,6H,4-5H2,1H3. The molecule has 0 aliphatic carbocycles. The molecule has 3 nitrogen and oxygen atoms in total. The highest BCUT2D eigenvalue weighted by Crippen LogP contribution is 2.19. The highest BCUT2D eigenvalue weighted by molar-refractivity contribution is 6.29. The van der Waals surface area contributed by atoms with Crippen molar-refractivity contribution in [2.24, 2.45) is 0 Å². The number of hydrogen-bond donors (Lipinski definition) is 0. The first kappa shape index (κ1) is 13.8. The molecule has 17 heavy (non-hydrogen) atoms. The Morgan fingerprint density at radius 2 is 2.12 bits per heavy atom. The van der Waals surface area contributed by atoms with Gasteiger partial charge in [-0.25, -0.2) is 4.98 Å². The molecule has 0 unspecified atom stereocenters. The van der Waals surface area contributed by atoms with Gasteiger partial charge in [-0.1, -0.05) is 11.6 Å². The van der Waals surface area contributed by atoms with E-state index in [-0.39, 0.29) is 17.3 Å². The lowest BCUT2D eigenvalue weighted by molar-refractivity contribution is -0.136. The molecule has 0 atom stereocenters. The zero-order chi connectivity index (χ0) is 13.1. The fourth-order valence-electron chi connectivity index (χ4n) is 1.12. The molecule has 0 fully saturated rings. The number of aromatic nitrogens is 1. The molecule has 0 saturated carbocycles. The highest BCUT2D eigenvalue weighted by atomic mass is 35.5. The average molecular weight is 267 g/mol. The van der Waals surface area contributed by atoms with E-state index in [0.717, 1.165) is 4.90 Å². The van der Waals surface area contributed by atoms with Gasteiger partial charge in [0.2, 0.25) is 0 Å². The molecule has 1 aromatic rings. The van der Waals surface area contributed by atoms with Crippen LogP contribution in [0.3, 0.4) is 0 Å². The summed E-state index contributed by atoms with van der Waals surface area (Å²) in [5.74, 6) is -0.515. The summed E-state index contributed by atoms with van der Waals surface area (Å²) < 4.78 is 35.9. The molecule has 1 aromatic heterocycles. The Bertz CT molecular complexity index is 392. The summed E-state index contributed by atoms with van der Waals surface area (Å²) in [6, 6.07) is 2.83. The number of rotatable bonds is 3. The molecule has 0 saturated heterocycles. The third kappa shape index (κ3) is 4.60. The van der Waals surface area contributed by atoms with Crippen molar-refractivity contribution in [1.29, 1.82) is 0 Å². The van der Waals surface area contributed by atoms with Crippen molar-refractivity contribution in [2.75, 3.05) is 13.6 Å². The third-order valence-electron chi connectivity index (χ3n) is 2.05. The lowest BCUT2D eigenvalue weighted by Crippen LogP contribution is -2.30. The SMILES string of the molecule is CN(CCC(F)(F)F)C(=O)c1ccc(Cl)nc1. The summed E-state index contributed by atoms with van der Waals surface area (Å²) in [6.07, 6.45) is -4.07. The van der Waals surface area contributed by atoms with Gasteiger partial charge < -0.3 is 4.90 Å². The zero-order valence-corrected chi connectivity index (χ0v) is 9.72. The summed E-state index contributed by atoms with van der Waals surface area (Å²) in [6.45, 7) is -0.384. The van der Waals surface area contributed by atoms with Crippen LogP contribution in [0.15, 0.2) is 18.3 Å². The Kier molecular flexibility index (Phi) is 4.34. The largest absolute Gasteiger partial charge is 0.390 e. The predicted molar refractivity (Wildman–Crippen MR) is 56.9 cm³/mol. The molecule has 0 bridgehead atoms. The molecule has 1 heterocycles. The van der Waals surface area contributed by atoms with Crippen LogP contribution in [-0.4, -0.2) is 35.6 Å². The number of halogens is 4. The van der Waals surface area contributed by atoms with E-state index in [0.29, 0.717) is 0 Å². The van der Waals surface area contributed by atoms with E-state index >= 15 is 0 Å². The second-order valence-electron chi connectivity index (χ2n) is 3.46. The van der Waals surface area contributed by atoms with Crippen molar-refractivity contribution < 1.29 is 18.0 Å². The fourth-order valence-corrected chi connectivity index (χ4v) is 1.23. The highest BCUT2D eigenvalue weighted by Gasteiger charge is 2.28. The number of carbonyl (C=O) groups excluding carboxylic acids is 1. The number of hydrogen-bond acceptors (Lipinski definition) is 2. The minimum atomic E-state index is -4.27. The molecule has 1 amide bonds. The van der Waals surface area contributed by atoms with Gasteiger partial charge in [-0.3, -0.25) is 4.79 Å². The van der Waals surface area contributed by atoms with Crippen LogP contribution in [-0.2, 0) is 0 Å².